The zero-order valence-electron chi connectivity index (χ0n) is 15.5. The van der Waals surface area contributed by atoms with Gasteiger partial charge in [-0.1, -0.05) is 32.6 Å². The Labute approximate surface area is 147 Å². The Morgan fingerprint density at radius 1 is 1.44 bits per heavy atom. The van der Waals surface area contributed by atoms with E-state index in [9.17, 15) is 14.7 Å². The molecule has 2 heterocycles. The van der Waals surface area contributed by atoms with E-state index < -0.39 is 23.6 Å². The second-order valence-electron chi connectivity index (χ2n) is 7.64. The molecule has 138 valence electrons. The molecule has 2 N–H and O–H groups in total. The van der Waals surface area contributed by atoms with Crippen molar-refractivity contribution < 1.29 is 14.7 Å². The fourth-order valence-corrected chi connectivity index (χ4v) is 3.11. The molecular formula is C17H27N5O3. The number of amides is 2. The van der Waals surface area contributed by atoms with Crippen LogP contribution in [0.15, 0.2) is 12.8 Å². The monoisotopic (exact) mass is 349 g/mol. The van der Waals surface area contributed by atoms with Gasteiger partial charge in [-0.05, 0) is 17.9 Å². The predicted molar refractivity (Wildman–Crippen MR) is 93.4 cm³/mol. The zero-order valence-corrected chi connectivity index (χ0v) is 15.5. The number of rotatable bonds is 4. The number of aliphatic hydroxyl groups excluding tert-OH is 1. The number of likely N-dealkylation sites (tertiary alicyclic amines) is 1. The minimum Gasteiger partial charge on any atom is -0.391 e. The van der Waals surface area contributed by atoms with Crippen molar-refractivity contribution in [1.29, 1.82) is 0 Å². The Kier molecular flexibility index (Phi) is 5.31. The summed E-state index contributed by atoms with van der Waals surface area (Å²) in [4.78, 5) is 26.8. The smallest absolute Gasteiger partial charge is 0.248 e. The van der Waals surface area contributed by atoms with Crippen LogP contribution in [0.1, 0.15) is 45.9 Å². The van der Waals surface area contributed by atoms with E-state index in [4.69, 9.17) is 0 Å². The summed E-state index contributed by atoms with van der Waals surface area (Å²) in [5.41, 5.74) is 0.912. The number of aromatic nitrogens is 3. The van der Waals surface area contributed by atoms with E-state index in [0.29, 0.717) is 5.69 Å². The maximum absolute atomic E-state index is 13.3. The van der Waals surface area contributed by atoms with Crippen LogP contribution in [-0.2, 0) is 9.59 Å². The van der Waals surface area contributed by atoms with Gasteiger partial charge in [-0.2, -0.15) is 0 Å². The number of nitrogens with zero attached hydrogens (tertiary/aromatic N) is 4. The molecule has 2 rings (SSSR count). The molecule has 0 spiro atoms. The Bertz CT molecular complexity index is 676. The molecule has 1 aliphatic rings. The third-order valence-electron chi connectivity index (χ3n) is 4.38. The van der Waals surface area contributed by atoms with Crippen molar-refractivity contribution in [2.75, 3.05) is 13.6 Å². The molecule has 0 bridgehead atoms. The molecule has 1 fully saturated rings. The van der Waals surface area contributed by atoms with Crippen LogP contribution in [0.3, 0.4) is 0 Å². The molecular weight excluding hydrogens is 322 g/mol. The molecule has 1 aliphatic heterocycles. The van der Waals surface area contributed by atoms with Gasteiger partial charge in [0.1, 0.15) is 17.8 Å². The number of nitrogens with one attached hydrogen (secondary N) is 1. The number of hydrogen-bond acceptors (Lipinski definition) is 5. The molecule has 0 aliphatic carbocycles. The highest BCUT2D eigenvalue weighted by atomic mass is 16.3. The van der Waals surface area contributed by atoms with Crippen LogP contribution in [0.5, 0.6) is 0 Å². The highest BCUT2D eigenvalue weighted by Crippen LogP contribution is 2.34. The van der Waals surface area contributed by atoms with Crippen LogP contribution < -0.4 is 5.32 Å². The normalized spacial score (nSPS) is 21.9. The Hall–Kier alpha value is -2.22. The third-order valence-corrected chi connectivity index (χ3v) is 4.38. The lowest BCUT2D eigenvalue weighted by molar-refractivity contribution is -0.144. The lowest BCUT2D eigenvalue weighted by Gasteiger charge is -2.34. The van der Waals surface area contributed by atoms with Crippen LogP contribution in [0.2, 0.25) is 0 Å². The summed E-state index contributed by atoms with van der Waals surface area (Å²) in [5, 5.41) is 20.7. The lowest BCUT2D eigenvalue weighted by Crippen LogP contribution is -2.49. The Morgan fingerprint density at radius 2 is 2.08 bits per heavy atom. The van der Waals surface area contributed by atoms with Gasteiger partial charge in [-0.3, -0.25) is 9.59 Å². The largest absolute Gasteiger partial charge is 0.391 e. The van der Waals surface area contributed by atoms with Gasteiger partial charge in [0.25, 0.3) is 0 Å². The van der Waals surface area contributed by atoms with Crippen LogP contribution in [0, 0.1) is 5.41 Å². The minimum atomic E-state index is -0.714. The number of carbonyl (C=O) groups excluding carboxylic acids is 2. The number of likely N-dealkylation sites (N-methyl/N-ethyl adjacent to an activating group) is 1. The topological polar surface area (TPSA) is 100 Å². The number of allylic oxidation sites excluding steroid dienone is 1. The number of β-amino-alcohol motifs (C(OH)–C–C–N with tert-alkyl or cyclic N) is 1. The van der Waals surface area contributed by atoms with Gasteiger partial charge in [0, 0.05) is 20.0 Å². The summed E-state index contributed by atoms with van der Waals surface area (Å²) < 4.78 is 1.53. The molecule has 0 radical (unpaired) electrons. The molecule has 1 aromatic rings. The number of carbonyl (C=O) groups is 2. The molecule has 0 saturated carbocycles. The molecule has 1 saturated heterocycles. The molecule has 1 aromatic heterocycles. The average Bonchev–Trinajstić information content (AvgIpc) is 3.12. The molecule has 2 unspecified atom stereocenters. The van der Waals surface area contributed by atoms with Crippen molar-refractivity contribution in [2.45, 2.75) is 52.3 Å². The summed E-state index contributed by atoms with van der Waals surface area (Å²) >= 11 is 0. The first kappa shape index (κ1) is 19.1. The summed E-state index contributed by atoms with van der Waals surface area (Å²) in [6.07, 6.45) is 1.21. The summed E-state index contributed by atoms with van der Waals surface area (Å²) in [7, 11) is 1.52. The van der Waals surface area contributed by atoms with Crippen LogP contribution in [-0.4, -0.2) is 62.6 Å². The van der Waals surface area contributed by atoms with E-state index in [2.05, 4.69) is 22.2 Å². The van der Waals surface area contributed by atoms with E-state index in [1.54, 1.807) is 6.20 Å². The highest BCUT2D eigenvalue weighted by Gasteiger charge is 2.44. The minimum absolute atomic E-state index is 0.130. The van der Waals surface area contributed by atoms with Crippen molar-refractivity contribution in [3.8, 4) is 0 Å². The molecule has 2 amide bonds. The average molecular weight is 349 g/mol. The number of aliphatic hydroxyl groups is 1. The summed E-state index contributed by atoms with van der Waals surface area (Å²) in [5.74, 6) is -0.533. The summed E-state index contributed by atoms with van der Waals surface area (Å²) in [6, 6.07) is -1.33. The fourth-order valence-electron chi connectivity index (χ4n) is 3.11. The van der Waals surface area contributed by atoms with Gasteiger partial charge in [0.05, 0.1) is 12.3 Å². The van der Waals surface area contributed by atoms with Crippen LogP contribution in [0.25, 0.3) is 5.57 Å². The first-order valence-corrected chi connectivity index (χ1v) is 8.34. The zero-order chi connectivity index (χ0) is 18.9. The van der Waals surface area contributed by atoms with Crippen molar-refractivity contribution in [3.63, 3.8) is 0 Å². The standard InChI is InChI=1S/C17H27N5O3/c1-10(2)12-9-22(20-19-12)14(17(3,4)5)16(25)21-8-11(23)7-13(21)15(24)18-6/h9,11,13-14,23H,1,7-8H2,2-6H3,(H,18,24)/t11?,13-,14?/m1/s1. The van der Waals surface area contributed by atoms with E-state index in [-0.39, 0.29) is 24.8 Å². The molecule has 3 atom stereocenters. The fraction of sp³-hybridized carbons (Fsp3) is 0.647. The molecule has 0 aromatic carbocycles. The number of hydrogen-bond donors (Lipinski definition) is 2. The van der Waals surface area contributed by atoms with Crippen molar-refractivity contribution in [2.24, 2.45) is 5.41 Å². The van der Waals surface area contributed by atoms with Gasteiger partial charge in [0.15, 0.2) is 0 Å². The predicted octanol–water partition coefficient (Wildman–Crippen LogP) is 0.606. The van der Waals surface area contributed by atoms with E-state index in [0.717, 1.165) is 5.57 Å². The first-order valence-electron chi connectivity index (χ1n) is 8.34. The SMILES string of the molecule is C=C(C)c1cn(C(C(=O)N2CC(O)C[C@@H]2C(=O)NC)C(C)(C)C)nn1. The van der Waals surface area contributed by atoms with Crippen molar-refractivity contribution in [1.82, 2.24) is 25.2 Å². The maximum atomic E-state index is 13.3. The van der Waals surface area contributed by atoms with Crippen molar-refractivity contribution in [3.05, 3.63) is 18.5 Å². The van der Waals surface area contributed by atoms with Crippen LogP contribution >= 0.6 is 0 Å². The van der Waals surface area contributed by atoms with Gasteiger partial charge in [-0.25, -0.2) is 4.68 Å². The molecule has 25 heavy (non-hydrogen) atoms. The van der Waals surface area contributed by atoms with Gasteiger partial charge < -0.3 is 15.3 Å². The second kappa shape index (κ2) is 6.95. The van der Waals surface area contributed by atoms with Gasteiger partial charge in [-0.15, -0.1) is 5.10 Å². The lowest BCUT2D eigenvalue weighted by atomic mass is 9.85. The highest BCUT2D eigenvalue weighted by molar-refractivity contribution is 5.90. The van der Waals surface area contributed by atoms with E-state index in [1.165, 1.54) is 16.6 Å². The molecule has 8 heteroatoms. The van der Waals surface area contributed by atoms with E-state index in [1.807, 2.05) is 27.7 Å². The maximum Gasteiger partial charge on any atom is 0.248 e. The second-order valence-corrected chi connectivity index (χ2v) is 7.64. The Morgan fingerprint density at radius 3 is 2.56 bits per heavy atom. The van der Waals surface area contributed by atoms with Crippen molar-refractivity contribution >= 4 is 17.4 Å². The Balaban J connectivity index is 2.38. The van der Waals surface area contributed by atoms with Crippen LogP contribution in [0.4, 0.5) is 0 Å². The van der Waals surface area contributed by atoms with Gasteiger partial charge in [0.2, 0.25) is 11.8 Å². The quantitative estimate of drug-likeness (QED) is 0.829. The molecule has 8 nitrogen and oxygen atoms in total. The van der Waals surface area contributed by atoms with E-state index >= 15 is 0 Å². The van der Waals surface area contributed by atoms with Gasteiger partial charge >= 0.3 is 0 Å². The summed E-state index contributed by atoms with van der Waals surface area (Å²) in [6.45, 7) is 11.6. The third kappa shape index (κ3) is 3.89. The first-order chi connectivity index (χ1) is 11.6.